The molecule has 134 valence electrons. The minimum atomic E-state index is -4.45. The van der Waals surface area contributed by atoms with E-state index in [2.05, 4.69) is 15.0 Å². The fourth-order valence-corrected chi connectivity index (χ4v) is 2.06. The molecule has 5 nitrogen and oxygen atoms in total. The van der Waals surface area contributed by atoms with Crippen LogP contribution in [-0.2, 0) is 17.8 Å². The van der Waals surface area contributed by atoms with Gasteiger partial charge >= 0.3 is 6.18 Å². The van der Waals surface area contributed by atoms with Crippen molar-refractivity contribution in [2.24, 2.45) is 0 Å². The normalized spacial score (nSPS) is 11.0. The summed E-state index contributed by atoms with van der Waals surface area (Å²) in [6, 6.07) is 10.2. The number of hydrogen-bond donors (Lipinski definition) is 1. The summed E-state index contributed by atoms with van der Waals surface area (Å²) >= 11 is 0. The fourth-order valence-electron chi connectivity index (χ4n) is 2.06. The number of carbonyl (C=O) groups is 1. The second kappa shape index (κ2) is 8.36. The average Bonchev–Trinajstić information content (AvgIpc) is 2.58. The van der Waals surface area contributed by atoms with Gasteiger partial charge in [0.15, 0.2) is 6.61 Å². The van der Waals surface area contributed by atoms with Crippen LogP contribution in [0.2, 0.25) is 0 Å². The number of benzene rings is 1. The van der Waals surface area contributed by atoms with Crippen LogP contribution >= 0.6 is 0 Å². The highest BCUT2D eigenvalue weighted by molar-refractivity contribution is 5.78. The number of carbonyl (C=O) groups excluding carboxylic acids is 1. The molecule has 0 atom stereocenters. The first-order chi connectivity index (χ1) is 11.9. The third-order valence-corrected chi connectivity index (χ3v) is 3.20. The van der Waals surface area contributed by atoms with Gasteiger partial charge < -0.3 is 14.8 Å². The summed E-state index contributed by atoms with van der Waals surface area (Å²) in [6.45, 7) is -1.42. The Kier molecular flexibility index (Phi) is 6.21. The number of nitrogens with one attached hydrogen (secondary N) is 1. The van der Waals surface area contributed by atoms with E-state index in [-0.39, 0.29) is 24.8 Å². The van der Waals surface area contributed by atoms with E-state index in [1.807, 2.05) is 0 Å². The third kappa shape index (κ3) is 6.33. The molecule has 8 heteroatoms. The van der Waals surface area contributed by atoms with Gasteiger partial charge in [-0.05, 0) is 23.8 Å². The maximum atomic E-state index is 12.3. The summed E-state index contributed by atoms with van der Waals surface area (Å²) in [5, 5.41) is 2.64. The highest BCUT2D eigenvalue weighted by Gasteiger charge is 2.29. The first-order valence-corrected chi connectivity index (χ1v) is 7.40. The highest BCUT2D eigenvalue weighted by Crippen LogP contribution is 2.20. The number of nitrogens with zero attached hydrogens (tertiary/aromatic N) is 1. The predicted octanol–water partition coefficient (Wildman–Crippen LogP) is 2.89. The monoisotopic (exact) mass is 354 g/mol. The van der Waals surface area contributed by atoms with Gasteiger partial charge in [-0.2, -0.15) is 13.2 Å². The molecule has 0 fully saturated rings. The third-order valence-electron chi connectivity index (χ3n) is 3.20. The van der Waals surface area contributed by atoms with E-state index in [4.69, 9.17) is 4.74 Å². The van der Waals surface area contributed by atoms with Crippen LogP contribution in [0.4, 0.5) is 13.2 Å². The zero-order chi connectivity index (χ0) is 18.3. The Morgan fingerprint density at radius 3 is 2.76 bits per heavy atom. The van der Waals surface area contributed by atoms with Gasteiger partial charge in [0.1, 0.15) is 5.75 Å². The summed E-state index contributed by atoms with van der Waals surface area (Å²) in [5.41, 5.74) is 1.13. The molecule has 1 heterocycles. The maximum absolute atomic E-state index is 12.3. The van der Waals surface area contributed by atoms with E-state index in [1.165, 1.54) is 13.3 Å². The lowest BCUT2D eigenvalue weighted by Gasteiger charge is -2.12. The van der Waals surface area contributed by atoms with E-state index in [1.54, 1.807) is 36.4 Å². The first-order valence-electron chi connectivity index (χ1n) is 7.40. The summed E-state index contributed by atoms with van der Waals surface area (Å²) in [6.07, 6.45) is -3.01. The molecule has 1 aromatic heterocycles. The average molecular weight is 354 g/mol. The molecule has 0 saturated carbocycles. The summed E-state index contributed by atoms with van der Waals surface area (Å²) in [4.78, 5) is 15.8. The minimum Gasteiger partial charge on any atom is -0.497 e. The van der Waals surface area contributed by atoms with E-state index in [9.17, 15) is 18.0 Å². The van der Waals surface area contributed by atoms with Crippen LogP contribution in [0, 0.1) is 0 Å². The van der Waals surface area contributed by atoms with Crippen molar-refractivity contribution in [1.82, 2.24) is 10.3 Å². The van der Waals surface area contributed by atoms with Crippen LogP contribution < -0.4 is 14.8 Å². The number of methoxy groups -OCH3 is 1. The van der Waals surface area contributed by atoms with Crippen molar-refractivity contribution in [1.29, 1.82) is 0 Å². The molecule has 0 aliphatic rings. The smallest absolute Gasteiger partial charge is 0.422 e. The fraction of sp³-hybridized carbons (Fsp3) is 0.294. The van der Waals surface area contributed by atoms with Crippen LogP contribution in [0.25, 0.3) is 0 Å². The lowest BCUT2D eigenvalue weighted by molar-refractivity contribution is -0.154. The molecule has 2 aromatic rings. The van der Waals surface area contributed by atoms with Gasteiger partial charge in [0.05, 0.1) is 13.5 Å². The Morgan fingerprint density at radius 1 is 1.24 bits per heavy atom. The van der Waals surface area contributed by atoms with Gasteiger partial charge in [0.25, 0.3) is 0 Å². The molecule has 0 saturated heterocycles. The van der Waals surface area contributed by atoms with Crippen molar-refractivity contribution in [3.63, 3.8) is 0 Å². The first kappa shape index (κ1) is 18.6. The number of pyridine rings is 1. The zero-order valence-corrected chi connectivity index (χ0v) is 13.5. The molecule has 0 aliphatic heterocycles. The number of rotatable bonds is 7. The lowest BCUT2D eigenvalue weighted by Crippen LogP contribution is -2.25. The summed E-state index contributed by atoms with van der Waals surface area (Å²) < 4.78 is 46.5. The number of aromatic nitrogens is 1. The van der Waals surface area contributed by atoms with Gasteiger partial charge in [-0.3, -0.25) is 4.79 Å². The zero-order valence-electron chi connectivity index (χ0n) is 13.5. The van der Waals surface area contributed by atoms with Crippen molar-refractivity contribution >= 4 is 5.91 Å². The van der Waals surface area contributed by atoms with Gasteiger partial charge in [-0.15, -0.1) is 0 Å². The molecule has 25 heavy (non-hydrogen) atoms. The van der Waals surface area contributed by atoms with Crippen LogP contribution in [0.15, 0.2) is 42.6 Å². The van der Waals surface area contributed by atoms with Crippen molar-refractivity contribution in [2.75, 3.05) is 13.7 Å². The Hall–Kier alpha value is -2.77. The van der Waals surface area contributed by atoms with E-state index in [0.29, 0.717) is 11.3 Å². The van der Waals surface area contributed by atoms with Crippen LogP contribution in [0.3, 0.4) is 0 Å². The van der Waals surface area contributed by atoms with Gasteiger partial charge in [-0.25, -0.2) is 4.98 Å². The second-order valence-corrected chi connectivity index (χ2v) is 5.18. The molecule has 0 radical (unpaired) electrons. The minimum absolute atomic E-state index is 0.0177. The van der Waals surface area contributed by atoms with E-state index in [0.717, 1.165) is 5.56 Å². The van der Waals surface area contributed by atoms with Crippen LogP contribution in [0.1, 0.15) is 11.1 Å². The Balaban J connectivity index is 1.93. The number of amides is 1. The molecule has 0 unspecified atom stereocenters. The molecule has 0 bridgehead atoms. The number of hydrogen-bond acceptors (Lipinski definition) is 4. The molecular formula is C17H17F3N2O3. The number of ether oxygens (including phenoxy) is 2. The number of alkyl halides is 3. The largest absolute Gasteiger partial charge is 0.497 e. The SMILES string of the molecule is COc1cccc(CC(=O)NCc2cccnc2OCC(F)(F)F)c1. The molecule has 0 spiro atoms. The van der Waals surface area contributed by atoms with E-state index >= 15 is 0 Å². The Bertz CT molecular complexity index is 720. The number of halogens is 3. The standard InChI is InChI=1S/C17H17F3N2O3/c1-24-14-6-2-4-12(8-14)9-15(23)22-10-13-5-3-7-21-16(13)25-11-17(18,19)20/h2-8H,9-11H2,1H3,(H,22,23). The molecular weight excluding hydrogens is 337 g/mol. The van der Waals surface area contributed by atoms with Crippen molar-refractivity contribution in [2.45, 2.75) is 19.1 Å². The molecule has 1 amide bonds. The predicted molar refractivity (Wildman–Crippen MR) is 84.3 cm³/mol. The highest BCUT2D eigenvalue weighted by atomic mass is 19.4. The van der Waals surface area contributed by atoms with Crippen molar-refractivity contribution in [3.05, 3.63) is 53.7 Å². The van der Waals surface area contributed by atoms with E-state index < -0.39 is 12.8 Å². The quantitative estimate of drug-likeness (QED) is 0.831. The lowest BCUT2D eigenvalue weighted by atomic mass is 10.1. The van der Waals surface area contributed by atoms with Crippen LogP contribution in [-0.4, -0.2) is 30.8 Å². The van der Waals surface area contributed by atoms with Crippen LogP contribution in [0.5, 0.6) is 11.6 Å². The summed E-state index contributed by atoms with van der Waals surface area (Å²) in [7, 11) is 1.53. The molecule has 1 N–H and O–H groups in total. The topological polar surface area (TPSA) is 60.5 Å². The maximum Gasteiger partial charge on any atom is 0.422 e. The second-order valence-electron chi connectivity index (χ2n) is 5.18. The molecule has 0 aliphatic carbocycles. The Morgan fingerprint density at radius 2 is 2.04 bits per heavy atom. The molecule has 2 rings (SSSR count). The van der Waals surface area contributed by atoms with Crippen molar-refractivity contribution in [3.8, 4) is 11.6 Å². The molecule has 1 aromatic carbocycles. The van der Waals surface area contributed by atoms with Gasteiger partial charge in [-0.1, -0.05) is 18.2 Å². The van der Waals surface area contributed by atoms with Crippen molar-refractivity contribution < 1.29 is 27.4 Å². The van der Waals surface area contributed by atoms with Gasteiger partial charge in [0, 0.05) is 18.3 Å². The van der Waals surface area contributed by atoms with Gasteiger partial charge in [0.2, 0.25) is 11.8 Å². The summed E-state index contributed by atoms with van der Waals surface area (Å²) in [5.74, 6) is 0.209. The Labute approximate surface area is 142 Å².